The van der Waals surface area contributed by atoms with Crippen LogP contribution in [0.15, 0.2) is 39.9 Å². The molecule has 0 aliphatic rings. The summed E-state index contributed by atoms with van der Waals surface area (Å²) in [5.41, 5.74) is -3.44. The van der Waals surface area contributed by atoms with Gasteiger partial charge < -0.3 is 0 Å². The van der Waals surface area contributed by atoms with Gasteiger partial charge in [-0.05, 0) is 35.2 Å². The normalized spacial score (nSPS) is 13.2. The average Bonchev–Trinajstić information content (AvgIpc) is 2.98. The molecule has 0 saturated carbocycles. The SMILES string of the molecule is O=S(=O)(NCc1cc(C(F)(F)F)cc(C(F)(F)F)c1)c1cccs1. The zero-order valence-corrected chi connectivity index (χ0v) is 13.2. The lowest BCUT2D eigenvalue weighted by atomic mass is 10.0. The first-order valence-corrected chi connectivity index (χ1v) is 8.57. The molecule has 1 aromatic heterocycles. The third-order valence-electron chi connectivity index (χ3n) is 2.87. The van der Waals surface area contributed by atoms with Gasteiger partial charge in [-0.15, -0.1) is 11.3 Å². The number of hydrogen-bond donors (Lipinski definition) is 1. The van der Waals surface area contributed by atoms with Crippen LogP contribution in [0.25, 0.3) is 0 Å². The van der Waals surface area contributed by atoms with Gasteiger partial charge in [0.25, 0.3) is 0 Å². The van der Waals surface area contributed by atoms with Crippen LogP contribution in [0.4, 0.5) is 26.3 Å². The zero-order valence-electron chi connectivity index (χ0n) is 11.6. The highest BCUT2D eigenvalue weighted by Crippen LogP contribution is 2.36. The minimum Gasteiger partial charge on any atom is -0.206 e. The molecular formula is C13H9F6NO2S2. The standard InChI is InChI=1S/C13H9F6NO2S2/c14-12(15,16)9-4-8(5-10(6-9)13(17,18)19)7-20-24(21,22)11-2-1-3-23-11/h1-6,20H,7H2. The van der Waals surface area contributed by atoms with E-state index in [1.54, 1.807) is 0 Å². The summed E-state index contributed by atoms with van der Waals surface area (Å²) < 4.78 is 102. The van der Waals surface area contributed by atoms with Crippen LogP contribution in [0, 0.1) is 0 Å². The van der Waals surface area contributed by atoms with Gasteiger partial charge in [-0.25, -0.2) is 13.1 Å². The Labute approximate surface area is 137 Å². The van der Waals surface area contributed by atoms with E-state index in [1.807, 2.05) is 4.72 Å². The van der Waals surface area contributed by atoms with Crippen molar-refractivity contribution in [2.75, 3.05) is 0 Å². The van der Waals surface area contributed by atoms with Crippen LogP contribution in [0.1, 0.15) is 16.7 Å². The second kappa shape index (κ2) is 6.37. The number of thiophene rings is 1. The van der Waals surface area contributed by atoms with Crippen molar-refractivity contribution in [2.24, 2.45) is 0 Å². The number of sulfonamides is 1. The monoisotopic (exact) mass is 389 g/mol. The molecule has 0 radical (unpaired) electrons. The van der Waals surface area contributed by atoms with Crippen molar-refractivity contribution in [1.82, 2.24) is 4.72 Å². The van der Waals surface area contributed by atoms with Crippen molar-refractivity contribution in [2.45, 2.75) is 23.1 Å². The van der Waals surface area contributed by atoms with E-state index in [0.717, 1.165) is 11.3 Å². The van der Waals surface area contributed by atoms with E-state index in [2.05, 4.69) is 0 Å². The predicted octanol–water partition coefficient (Wildman–Crippen LogP) is 4.26. The maximum atomic E-state index is 12.7. The molecule has 0 fully saturated rings. The molecule has 0 saturated heterocycles. The first kappa shape index (κ1) is 18.7. The molecule has 1 N–H and O–H groups in total. The Bertz CT molecular complexity index is 778. The third-order valence-corrected chi connectivity index (χ3v) is 5.67. The molecule has 2 aromatic rings. The number of nitrogens with one attached hydrogen (secondary N) is 1. The summed E-state index contributed by atoms with van der Waals surface area (Å²) in [6, 6.07) is 3.65. The summed E-state index contributed by atoms with van der Waals surface area (Å²) in [5.74, 6) is 0. The van der Waals surface area contributed by atoms with E-state index in [9.17, 15) is 34.8 Å². The van der Waals surface area contributed by atoms with Crippen LogP contribution < -0.4 is 4.72 Å². The van der Waals surface area contributed by atoms with Gasteiger partial charge in [0.15, 0.2) is 0 Å². The number of rotatable bonds is 4. The molecule has 1 aromatic carbocycles. The fraction of sp³-hybridized carbons (Fsp3) is 0.231. The van der Waals surface area contributed by atoms with Crippen molar-refractivity contribution in [3.8, 4) is 0 Å². The molecule has 0 unspecified atom stereocenters. The Hall–Kier alpha value is -1.59. The van der Waals surface area contributed by atoms with Crippen LogP contribution in [-0.2, 0) is 28.9 Å². The smallest absolute Gasteiger partial charge is 0.206 e. The van der Waals surface area contributed by atoms with Crippen molar-refractivity contribution >= 4 is 21.4 Å². The predicted molar refractivity (Wildman–Crippen MR) is 74.8 cm³/mol. The fourth-order valence-corrected chi connectivity index (χ4v) is 3.84. The highest BCUT2D eigenvalue weighted by molar-refractivity contribution is 7.91. The molecule has 0 bridgehead atoms. The molecule has 0 amide bonds. The van der Waals surface area contributed by atoms with E-state index in [1.165, 1.54) is 17.5 Å². The maximum absolute atomic E-state index is 12.7. The van der Waals surface area contributed by atoms with Gasteiger partial charge >= 0.3 is 12.4 Å². The molecule has 132 valence electrons. The molecule has 1 heterocycles. The third kappa shape index (κ3) is 4.48. The van der Waals surface area contributed by atoms with E-state index in [0.29, 0.717) is 12.1 Å². The molecule has 24 heavy (non-hydrogen) atoms. The van der Waals surface area contributed by atoms with Crippen LogP contribution in [0.2, 0.25) is 0 Å². The molecular weight excluding hydrogens is 380 g/mol. The summed E-state index contributed by atoms with van der Waals surface area (Å²) in [7, 11) is -4.01. The van der Waals surface area contributed by atoms with Gasteiger partial charge in [0, 0.05) is 6.54 Å². The van der Waals surface area contributed by atoms with Gasteiger partial charge in [0.2, 0.25) is 10.0 Å². The Kier molecular flexibility index (Phi) is 4.98. The summed E-state index contributed by atoms with van der Waals surface area (Å²) in [4.78, 5) is 0. The second-order valence-corrected chi connectivity index (χ2v) is 7.61. The first-order valence-electron chi connectivity index (χ1n) is 6.21. The molecule has 0 aliphatic carbocycles. The first-order chi connectivity index (χ1) is 10.9. The Morgan fingerprint density at radius 2 is 1.50 bits per heavy atom. The Morgan fingerprint density at radius 1 is 0.958 bits per heavy atom. The van der Waals surface area contributed by atoms with Crippen LogP contribution in [0.3, 0.4) is 0 Å². The highest BCUT2D eigenvalue weighted by atomic mass is 32.2. The lowest BCUT2D eigenvalue weighted by molar-refractivity contribution is -0.143. The molecule has 0 atom stereocenters. The summed E-state index contributed by atoms with van der Waals surface area (Å²) in [6.45, 7) is -0.701. The molecule has 0 spiro atoms. The van der Waals surface area contributed by atoms with Crippen molar-refractivity contribution in [1.29, 1.82) is 0 Å². The van der Waals surface area contributed by atoms with Gasteiger partial charge in [-0.3, -0.25) is 0 Å². The number of halogens is 6. The molecule has 11 heteroatoms. The summed E-state index contributed by atoms with van der Waals surface area (Å²) in [6.07, 6.45) is -9.97. The number of hydrogen-bond acceptors (Lipinski definition) is 3. The highest BCUT2D eigenvalue weighted by Gasteiger charge is 2.36. The maximum Gasteiger partial charge on any atom is 0.416 e. The van der Waals surface area contributed by atoms with Crippen molar-refractivity contribution < 1.29 is 34.8 Å². The fourth-order valence-electron chi connectivity index (χ4n) is 1.79. The van der Waals surface area contributed by atoms with Gasteiger partial charge in [-0.2, -0.15) is 26.3 Å². The molecule has 3 nitrogen and oxygen atoms in total. The van der Waals surface area contributed by atoms with Crippen LogP contribution in [-0.4, -0.2) is 8.42 Å². The quantitative estimate of drug-likeness (QED) is 0.794. The van der Waals surface area contributed by atoms with Crippen LogP contribution in [0.5, 0.6) is 0 Å². The molecule has 2 rings (SSSR count). The Morgan fingerprint density at radius 3 is 1.92 bits per heavy atom. The zero-order chi connectivity index (χ0) is 18.2. The largest absolute Gasteiger partial charge is 0.416 e. The lowest BCUT2D eigenvalue weighted by Gasteiger charge is -2.14. The summed E-state index contributed by atoms with van der Waals surface area (Å²) in [5, 5.41) is 1.47. The molecule has 0 aliphatic heterocycles. The van der Waals surface area contributed by atoms with Crippen molar-refractivity contribution in [3.05, 3.63) is 52.4 Å². The lowest BCUT2D eigenvalue weighted by Crippen LogP contribution is -2.23. The second-order valence-electron chi connectivity index (χ2n) is 4.67. The number of alkyl halides is 6. The van der Waals surface area contributed by atoms with Gasteiger partial charge in [0.05, 0.1) is 11.1 Å². The van der Waals surface area contributed by atoms with Crippen molar-refractivity contribution in [3.63, 3.8) is 0 Å². The van der Waals surface area contributed by atoms with E-state index >= 15 is 0 Å². The van der Waals surface area contributed by atoms with Crippen LogP contribution >= 0.6 is 11.3 Å². The van der Waals surface area contributed by atoms with Gasteiger partial charge in [0.1, 0.15) is 4.21 Å². The van der Waals surface area contributed by atoms with E-state index in [4.69, 9.17) is 0 Å². The summed E-state index contributed by atoms with van der Waals surface area (Å²) >= 11 is 0.869. The minimum absolute atomic E-state index is 0.0166. The average molecular weight is 389 g/mol. The van der Waals surface area contributed by atoms with E-state index in [-0.39, 0.29) is 10.3 Å². The number of benzene rings is 1. The Balaban J connectivity index is 2.33. The topological polar surface area (TPSA) is 46.2 Å². The van der Waals surface area contributed by atoms with Gasteiger partial charge in [-0.1, -0.05) is 6.07 Å². The van der Waals surface area contributed by atoms with E-state index < -0.39 is 45.6 Å². The minimum atomic E-state index is -4.98.